The summed E-state index contributed by atoms with van der Waals surface area (Å²) < 4.78 is 0. The van der Waals surface area contributed by atoms with Crippen molar-refractivity contribution in [2.45, 2.75) is 25.7 Å². The summed E-state index contributed by atoms with van der Waals surface area (Å²) in [7, 11) is 1.89. The van der Waals surface area contributed by atoms with Gasteiger partial charge in [0.25, 0.3) is 0 Å². The fourth-order valence-electron chi connectivity index (χ4n) is 2.03. The van der Waals surface area contributed by atoms with Gasteiger partial charge in [0.15, 0.2) is 5.82 Å². The van der Waals surface area contributed by atoms with E-state index in [0.29, 0.717) is 5.92 Å². The summed E-state index contributed by atoms with van der Waals surface area (Å²) in [6.45, 7) is 2.04. The molecule has 0 amide bonds. The van der Waals surface area contributed by atoms with Gasteiger partial charge in [-0.05, 0) is 31.4 Å². The maximum Gasteiger partial charge on any atom is 0.162 e. The van der Waals surface area contributed by atoms with Crippen LogP contribution < -0.4 is 5.32 Å². The van der Waals surface area contributed by atoms with Gasteiger partial charge in [-0.15, -0.1) is 0 Å². The molecule has 2 heterocycles. The predicted molar refractivity (Wildman–Crippen MR) is 71.5 cm³/mol. The van der Waals surface area contributed by atoms with Crippen molar-refractivity contribution in [2.75, 3.05) is 12.4 Å². The van der Waals surface area contributed by atoms with E-state index < -0.39 is 0 Å². The first-order chi connectivity index (χ1) is 8.78. The third-order valence-electron chi connectivity index (χ3n) is 3.26. The molecule has 1 aliphatic carbocycles. The highest BCUT2D eigenvalue weighted by molar-refractivity contribution is 5.61. The van der Waals surface area contributed by atoms with Crippen molar-refractivity contribution in [2.24, 2.45) is 0 Å². The van der Waals surface area contributed by atoms with Crippen LogP contribution in [-0.4, -0.2) is 22.0 Å². The van der Waals surface area contributed by atoms with Crippen molar-refractivity contribution in [3.8, 4) is 11.4 Å². The molecule has 4 nitrogen and oxygen atoms in total. The second kappa shape index (κ2) is 4.37. The minimum Gasteiger partial charge on any atom is -0.373 e. The van der Waals surface area contributed by atoms with E-state index in [-0.39, 0.29) is 0 Å². The first-order valence-corrected chi connectivity index (χ1v) is 6.25. The van der Waals surface area contributed by atoms with Crippen molar-refractivity contribution < 1.29 is 0 Å². The molecular formula is C14H16N4. The fraction of sp³-hybridized carbons (Fsp3) is 0.357. The van der Waals surface area contributed by atoms with Gasteiger partial charge in [0, 0.05) is 42.7 Å². The van der Waals surface area contributed by atoms with Crippen LogP contribution in [0.1, 0.15) is 30.0 Å². The molecule has 0 radical (unpaired) electrons. The Morgan fingerprint density at radius 3 is 2.78 bits per heavy atom. The Morgan fingerprint density at radius 2 is 2.11 bits per heavy atom. The molecule has 1 saturated carbocycles. The van der Waals surface area contributed by atoms with Crippen LogP contribution in [0.25, 0.3) is 11.4 Å². The van der Waals surface area contributed by atoms with Crippen molar-refractivity contribution in [3.05, 3.63) is 35.8 Å². The summed E-state index contributed by atoms with van der Waals surface area (Å²) >= 11 is 0. The third-order valence-corrected chi connectivity index (χ3v) is 3.26. The summed E-state index contributed by atoms with van der Waals surface area (Å²) in [5.41, 5.74) is 3.32. The highest BCUT2D eigenvalue weighted by Crippen LogP contribution is 2.40. The molecule has 18 heavy (non-hydrogen) atoms. The molecule has 0 aliphatic heterocycles. The molecule has 3 rings (SSSR count). The van der Waals surface area contributed by atoms with E-state index in [4.69, 9.17) is 4.98 Å². The molecule has 2 aromatic heterocycles. The minimum atomic E-state index is 0.626. The molecule has 1 N–H and O–H groups in total. The zero-order valence-corrected chi connectivity index (χ0v) is 10.6. The molecule has 1 aliphatic rings. The Bertz CT molecular complexity index is 576. The molecule has 0 saturated heterocycles. The molecule has 2 aromatic rings. The highest BCUT2D eigenvalue weighted by atomic mass is 15.0. The number of anilines is 1. The Labute approximate surface area is 107 Å². The third kappa shape index (κ3) is 2.06. The maximum atomic E-state index is 4.70. The lowest BCUT2D eigenvalue weighted by molar-refractivity contribution is 0.992. The normalized spacial score (nSPS) is 14.6. The van der Waals surface area contributed by atoms with E-state index in [9.17, 15) is 0 Å². The lowest BCUT2D eigenvalue weighted by Gasteiger charge is -2.08. The molecule has 4 heteroatoms. The number of aryl methyl sites for hydroxylation is 1. The van der Waals surface area contributed by atoms with Crippen LogP contribution in [0.4, 0.5) is 5.82 Å². The van der Waals surface area contributed by atoms with Crippen LogP contribution in [0.5, 0.6) is 0 Å². The average molecular weight is 240 g/mol. The van der Waals surface area contributed by atoms with Crippen molar-refractivity contribution in [3.63, 3.8) is 0 Å². The number of rotatable bonds is 3. The minimum absolute atomic E-state index is 0.626. The summed E-state index contributed by atoms with van der Waals surface area (Å²) in [6.07, 6.45) is 6.12. The van der Waals surface area contributed by atoms with Crippen LogP contribution >= 0.6 is 0 Å². The van der Waals surface area contributed by atoms with Gasteiger partial charge in [0.2, 0.25) is 0 Å². The van der Waals surface area contributed by atoms with Gasteiger partial charge in [0.1, 0.15) is 5.82 Å². The number of aromatic nitrogens is 3. The molecule has 1 fully saturated rings. The summed E-state index contributed by atoms with van der Waals surface area (Å²) in [4.78, 5) is 13.4. The second-order valence-electron chi connectivity index (χ2n) is 4.72. The molecule has 92 valence electrons. The Kier molecular flexibility index (Phi) is 2.70. The monoisotopic (exact) mass is 240 g/mol. The smallest absolute Gasteiger partial charge is 0.162 e. The summed E-state index contributed by atoms with van der Waals surface area (Å²) in [5.74, 6) is 2.31. The van der Waals surface area contributed by atoms with Crippen LogP contribution in [0, 0.1) is 6.92 Å². The van der Waals surface area contributed by atoms with Gasteiger partial charge in [-0.1, -0.05) is 0 Å². The van der Waals surface area contributed by atoms with E-state index in [0.717, 1.165) is 28.5 Å². The van der Waals surface area contributed by atoms with E-state index in [1.54, 1.807) is 6.20 Å². The Hall–Kier alpha value is -1.97. The van der Waals surface area contributed by atoms with Gasteiger partial charge in [-0.2, -0.15) is 0 Å². The number of nitrogens with one attached hydrogen (secondary N) is 1. The zero-order valence-electron chi connectivity index (χ0n) is 10.6. The molecular weight excluding hydrogens is 224 g/mol. The van der Waals surface area contributed by atoms with Crippen LogP contribution in [0.2, 0.25) is 0 Å². The Balaban J connectivity index is 2.10. The predicted octanol–water partition coefficient (Wildman–Crippen LogP) is 2.77. The average Bonchev–Trinajstić information content (AvgIpc) is 3.23. The first-order valence-electron chi connectivity index (χ1n) is 6.25. The maximum absolute atomic E-state index is 4.70. The topological polar surface area (TPSA) is 50.7 Å². The Morgan fingerprint density at radius 1 is 1.28 bits per heavy atom. The highest BCUT2D eigenvalue weighted by Gasteiger charge is 2.26. The van der Waals surface area contributed by atoms with Crippen molar-refractivity contribution in [1.82, 2.24) is 15.0 Å². The van der Waals surface area contributed by atoms with Gasteiger partial charge >= 0.3 is 0 Å². The molecule has 0 atom stereocenters. The standard InChI is InChI=1S/C14H16N4/c1-9-8-16-6-5-11(9)14-17-12(10-3-4-10)7-13(15-2)18-14/h5-8,10H,3-4H2,1-2H3,(H,15,17,18). The number of hydrogen-bond donors (Lipinski definition) is 1. The zero-order chi connectivity index (χ0) is 12.5. The van der Waals surface area contributed by atoms with Crippen LogP contribution in [0.3, 0.4) is 0 Å². The van der Waals surface area contributed by atoms with E-state index in [1.807, 2.05) is 26.2 Å². The van der Waals surface area contributed by atoms with Gasteiger partial charge < -0.3 is 5.32 Å². The van der Waals surface area contributed by atoms with Crippen molar-refractivity contribution in [1.29, 1.82) is 0 Å². The van der Waals surface area contributed by atoms with Crippen molar-refractivity contribution >= 4 is 5.82 Å². The lowest BCUT2D eigenvalue weighted by atomic mass is 10.1. The summed E-state index contributed by atoms with van der Waals surface area (Å²) in [5, 5.41) is 3.11. The van der Waals surface area contributed by atoms with E-state index in [1.165, 1.54) is 12.8 Å². The largest absolute Gasteiger partial charge is 0.373 e. The fourth-order valence-corrected chi connectivity index (χ4v) is 2.03. The molecule has 0 bridgehead atoms. The molecule has 0 unspecified atom stereocenters. The van der Waals surface area contributed by atoms with Gasteiger partial charge in [-0.25, -0.2) is 9.97 Å². The number of nitrogens with zero attached hydrogens (tertiary/aromatic N) is 3. The number of pyridine rings is 1. The quantitative estimate of drug-likeness (QED) is 0.896. The van der Waals surface area contributed by atoms with Crippen LogP contribution in [-0.2, 0) is 0 Å². The van der Waals surface area contributed by atoms with E-state index in [2.05, 4.69) is 21.4 Å². The molecule has 0 aromatic carbocycles. The van der Waals surface area contributed by atoms with Crippen LogP contribution in [0.15, 0.2) is 24.5 Å². The molecule has 0 spiro atoms. The number of hydrogen-bond acceptors (Lipinski definition) is 4. The van der Waals surface area contributed by atoms with Gasteiger partial charge in [-0.3, -0.25) is 4.98 Å². The second-order valence-corrected chi connectivity index (χ2v) is 4.72. The van der Waals surface area contributed by atoms with E-state index >= 15 is 0 Å². The SMILES string of the molecule is CNc1cc(C2CC2)nc(-c2ccncc2C)n1. The lowest BCUT2D eigenvalue weighted by Crippen LogP contribution is -2.01. The van der Waals surface area contributed by atoms with Gasteiger partial charge in [0.05, 0.1) is 0 Å². The summed E-state index contributed by atoms with van der Waals surface area (Å²) in [6, 6.07) is 4.03. The first kappa shape index (κ1) is 11.1.